The second-order valence-electron chi connectivity index (χ2n) is 6.14. The van der Waals surface area contributed by atoms with Gasteiger partial charge in [-0.05, 0) is 50.1 Å². The Bertz CT molecular complexity index is 625. The lowest BCUT2D eigenvalue weighted by molar-refractivity contribution is 0.0273. The van der Waals surface area contributed by atoms with Gasteiger partial charge in [0, 0.05) is 12.5 Å². The molecule has 0 N–H and O–H groups in total. The van der Waals surface area contributed by atoms with E-state index in [-0.39, 0.29) is 17.8 Å². The lowest BCUT2D eigenvalue weighted by Crippen LogP contribution is -2.21. The van der Waals surface area contributed by atoms with Gasteiger partial charge >= 0.3 is 5.97 Å². The van der Waals surface area contributed by atoms with Crippen molar-refractivity contribution in [2.24, 2.45) is 0 Å². The summed E-state index contributed by atoms with van der Waals surface area (Å²) in [5.41, 5.74) is 1.15. The number of benzene rings is 1. The normalized spacial score (nSPS) is 12.9. The van der Waals surface area contributed by atoms with E-state index in [0.29, 0.717) is 0 Å². The fourth-order valence-corrected chi connectivity index (χ4v) is 2.34. The molecule has 0 amide bonds. The Morgan fingerprint density at radius 2 is 1.76 bits per heavy atom. The first-order valence-corrected chi connectivity index (χ1v) is 10.5. The topological polar surface area (TPSA) is 42.7 Å². The first-order chi connectivity index (χ1) is 12.0. The zero-order valence-electron chi connectivity index (χ0n) is 15.7. The predicted molar refractivity (Wildman–Crippen MR) is 111 cm³/mol. The number of ether oxygens (including phenoxy) is 1. The molecule has 25 heavy (non-hydrogen) atoms. The van der Waals surface area contributed by atoms with Crippen LogP contribution in [0.1, 0.15) is 48.1 Å². The van der Waals surface area contributed by atoms with Crippen LogP contribution in [0.5, 0.6) is 0 Å². The first-order valence-electron chi connectivity index (χ1n) is 8.35. The molecule has 2 unspecified atom stereocenters. The average molecular weight is 457 g/mol. The Kier molecular flexibility index (Phi) is 9.82. The Balaban J connectivity index is 0.00000151. The van der Waals surface area contributed by atoms with Gasteiger partial charge in [-0.15, -0.1) is 0 Å². The van der Waals surface area contributed by atoms with Gasteiger partial charge in [-0.3, -0.25) is 0 Å². The monoisotopic (exact) mass is 457 g/mol. The van der Waals surface area contributed by atoms with Crippen LogP contribution < -0.4 is 0 Å². The van der Waals surface area contributed by atoms with Crippen LogP contribution in [0, 0.1) is 0 Å². The van der Waals surface area contributed by atoms with Crippen LogP contribution in [0.15, 0.2) is 46.9 Å². The predicted octanol–water partition coefficient (Wildman–Crippen LogP) is 4.98. The minimum absolute atomic E-state index is 0.101. The fourth-order valence-electron chi connectivity index (χ4n) is 2.34. The van der Waals surface area contributed by atoms with Crippen molar-refractivity contribution in [2.45, 2.75) is 32.3 Å². The molecule has 2 atom stereocenters. The lowest BCUT2D eigenvalue weighted by atomic mass is 9.99. The van der Waals surface area contributed by atoms with Crippen molar-refractivity contribution >= 4 is 28.6 Å². The summed E-state index contributed by atoms with van der Waals surface area (Å²) in [6.45, 7) is 4.84. The van der Waals surface area contributed by atoms with E-state index in [0.717, 1.165) is 24.3 Å². The Morgan fingerprint density at radius 1 is 1.12 bits per heavy atom. The Hall–Kier alpha value is -1.34. The van der Waals surface area contributed by atoms with Crippen LogP contribution >= 0.6 is 22.6 Å². The van der Waals surface area contributed by atoms with Crippen LogP contribution in [0.25, 0.3) is 0 Å². The third-order valence-electron chi connectivity index (χ3n) is 3.85. The fraction of sp³-hybridized carbons (Fsp3) is 0.450. The van der Waals surface area contributed by atoms with Gasteiger partial charge in [0.2, 0.25) is 5.76 Å². The first kappa shape index (κ1) is 21.7. The summed E-state index contributed by atoms with van der Waals surface area (Å²) in [5.74, 6) is 0.732. The highest BCUT2D eigenvalue weighted by molar-refractivity contribution is 14.1. The van der Waals surface area contributed by atoms with Crippen LogP contribution in [-0.4, -0.2) is 42.5 Å². The van der Waals surface area contributed by atoms with Crippen molar-refractivity contribution in [2.75, 3.05) is 25.6 Å². The highest BCUT2D eigenvalue weighted by Crippen LogP contribution is 2.26. The van der Waals surface area contributed by atoms with E-state index < -0.39 is 5.97 Å². The lowest BCUT2D eigenvalue weighted by Gasteiger charge is -2.15. The van der Waals surface area contributed by atoms with E-state index in [1.807, 2.05) is 50.2 Å². The summed E-state index contributed by atoms with van der Waals surface area (Å²) in [5, 5.41) is 0. The van der Waals surface area contributed by atoms with Crippen LogP contribution in [0.2, 0.25) is 0 Å². The summed E-state index contributed by atoms with van der Waals surface area (Å²) in [6.07, 6.45) is 0.664. The van der Waals surface area contributed by atoms with E-state index in [9.17, 15) is 4.79 Å². The van der Waals surface area contributed by atoms with Gasteiger partial charge in [-0.25, -0.2) is 4.79 Å². The van der Waals surface area contributed by atoms with Gasteiger partial charge in [-0.1, -0.05) is 59.8 Å². The molecule has 2 aromatic rings. The summed E-state index contributed by atoms with van der Waals surface area (Å²) in [4.78, 5) is 16.2. The molecule has 0 saturated carbocycles. The van der Waals surface area contributed by atoms with Gasteiger partial charge in [0.05, 0.1) is 0 Å². The molecule has 1 heterocycles. The molecule has 1 aromatic carbocycles. The van der Waals surface area contributed by atoms with E-state index in [1.54, 1.807) is 6.07 Å². The maximum atomic E-state index is 12.1. The molecule has 2 rings (SSSR count). The standard InChI is InChI=1S/C19H25NO3.CH3I/c1-14(12-13-20(3)4)22-19(21)18-11-10-17(23-18)15(2)16-8-6-5-7-9-16;1-2/h5-11,14-15H,12-13H2,1-4H3;1H3. The van der Waals surface area contributed by atoms with Crippen LogP contribution in [0.3, 0.4) is 0 Å². The number of carbonyl (C=O) groups is 1. The highest BCUT2D eigenvalue weighted by Gasteiger charge is 2.19. The molecular formula is C20H28INO3. The Morgan fingerprint density at radius 3 is 2.36 bits per heavy atom. The third kappa shape index (κ3) is 7.20. The second kappa shape index (κ2) is 11.3. The van der Waals surface area contributed by atoms with Crippen molar-refractivity contribution in [1.29, 1.82) is 0 Å². The molecule has 0 bridgehead atoms. The largest absolute Gasteiger partial charge is 0.457 e. The molecule has 0 radical (unpaired) electrons. The number of esters is 1. The van der Waals surface area contributed by atoms with Crippen molar-refractivity contribution < 1.29 is 13.9 Å². The van der Waals surface area contributed by atoms with Gasteiger partial charge in [-0.2, -0.15) is 0 Å². The zero-order chi connectivity index (χ0) is 18.8. The molecule has 0 spiro atoms. The molecule has 138 valence electrons. The number of carbonyl (C=O) groups excluding carboxylic acids is 1. The molecule has 0 aliphatic carbocycles. The van der Waals surface area contributed by atoms with E-state index >= 15 is 0 Å². The second-order valence-corrected chi connectivity index (χ2v) is 6.14. The van der Waals surface area contributed by atoms with E-state index in [4.69, 9.17) is 9.15 Å². The van der Waals surface area contributed by atoms with Crippen molar-refractivity contribution in [3.8, 4) is 0 Å². The van der Waals surface area contributed by atoms with Crippen LogP contribution in [0.4, 0.5) is 0 Å². The number of hydrogen-bond acceptors (Lipinski definition) is 4. The maximum Gasteiger partial charge on any atom is 0.374 e. The SMILES string of the molecule is CC(CCN(C)C)OC(=O)c1ccc(C(C)c2ccccc2)o1.CI. The number of nitrogens with zero attached hydrogens (tertiary/aromatic N) is 1. The maximum absolute atomic E-state index is 12.1. The minimum Gasteiger partial charge on any atom is -0.457 e. The molecule has 0 aliphatic heterocycles. The smallest absolute Gasteiger partial charge is 0.374 e. The molecule has 1 aromatic heterocycles. The summed E-state index contributed by atoms with van der Waals surface area (Å²) in [6, 6.07) is 13.6. The third-order valence-corrected chi connectivity index (χ3v) is 3.85. The molecule has 4 nitrogen and oxygen atoms in total. The van der Waals surface area contributed by atoms with Crippen molar-refractivity contribution in [3.05, 3.63) is 59.5 Å². The quantitative estimate of drug-likeness (QED) is 0.334. The molecule has 0 fully saturated rings. The summed E-state index contributed by atoms with van der Waals surface area (Å²) in [7, 11) is 4.00. The van der Waals surface area contributed by atoms with Gasteiger partial charge in [0.15, 0.2) is 0 Å². The number of rotatable bonds is 7. The number of furan rings is 1. The van der Waals surface area contributed by atoms with Crippen molar-refractivity contribution in [3.63, 3.8) is 0 Å². The van der Waals surface area contributed by atoms with E-state index in [1.165, 1.54) is 0 Å². The van der Waals surface area contributed by atoms with E-state index in [2.05, 4.69) is 46.5 Å². The van der Waals surface area contributed by atoms with Crippen LogP contribution in [-0.2, 0) is 4.74 Å². The molecular weight excluding hydrogens is 429 g/mol. The van der Waals surface area contributed by atoms with Gasteiger partial charge in [0.25, 0.3) is 0 Å². The van der Waals surface area contributed by atoms with Gasteiger partial charge < -0.3 is 14.1 Å². The summed E-state index contributed by atoms with van der Waals surface area (Å²) >= 11 is 2.15. The molecule has 0 saturated heterocycles. The van der Waals surface area contributed by atoms with Gasteiger partial charge in [0.1, 0.15) is 11.9 Å². The number of alkyl halides is 1. The van der Waals surface area contributed by atoms with Crippen molar-refractivity contribution in [1.82, 2.24) is 4.90 Å². The number of hydrogen-bond donors (Lipinski definition) is 0. The highest BCUT2D eigenvalue weighted by atomic mass is 127. The number of halogens is 1. The average Bonchev–Trinajstić information content (AvgIpc) is 3.12. The zero-order valence-corrected chi connectivity index (χ0v) is 17.8. The molecule has 5 heteroatoms. The molecule has 0 aliphatic rings. The Labute approximate surface area is 164 Å². The summed E-state index contributed by atoms with van der Waals surface area (Å²) < 4.78 is 11.1. The minimum atomic E-state index is -0.400.